The number of piperidine rings is 1. The van der Waals surface area contributed by atoms with Crippen molar-refractivity contribution >= 4 is 39.9 Å². The molecule has 5 nitrogen and oxygen atoms in total. The molecule has 0 saturated carbocycles. The van der Waals surface area contributed by atoms with E-state index >= 15 is 0 Å². The number of halogens is 1. The van der Waals surface area contributed by atoms with Crippen LogP contribution in [0.5, 0.6) is 5.75 Å². The molecule has 0 aliphatic carbocycles. The molecule has 6 heteroatoms. The van der Waals surface area contributed by atoms with Gasteiger partial charge in [0.05, 0.1) is 13.0 Å². The summed E-state index contributed by atoms with van der Waals surface area (Å²) < 4.78 is 5.43. The van der Waals surface area contributed by atoms with Crippen LogP contribution in [-0.4, -0.2) is 36.9 Å². The summed E-state index contributed by atoms with van der Waals surface area (Å²) in [6.45, 7) is 1.03. The number of nitrogens with one attached hydrogen (secondary N) is 1. The van der Waals surface area contributed by atoms with Crippen LogP contribution < -0.4 is 10.1 Å². The summed E-state index contributed by atoms with van der Waals surface area (Å²) in [5.41, 5.74) is 1.29. The van der Waals surface area contributed by atoms with Gasteiger partial charge < -0.3 is 15.0 Å². The Bertz CT molecular complexity index is 1100. The van der Waals surface area contributed by atoms with Crippen LogP contribution in [0, 0.1) is 5.92 Å². The maximum Gasteiger partial charge on any atom is 0.254 e. The van der Waals surface area contributed by atoms with Gasteiger partial charge >= 0.3 is 0 Å². The van der Waals surface area contributed by atoms with E-state index in [1.165, 1.54) is 0 Å². The van der Waals surface area contributed by atoms with Gasteiger partial charge in [-0.15, -0.1) is 0 Å². The van der Waals surface area contributed by atoms with Crippen LogP contribution in [0.15, 0.2) is 60.7 Å². The minimum atomic E-state index is -0.258. The molecule has 0 radical (unpaired) electrons. The molecule has 30 heavy (non-hydrogen) atoms. The van der Waals surface area contributed by atoms with E-state index in [0.29, 0.717) is 29.4 Å². The van der Waals surface area contributed by atoms with E-state index in [0.717, 1.165) is 29.4 Å². The Kier molecular flexibility index (Phi) is 5.91. The van der Waals surface area contributed by atoms with Gasteiger partial charge in [-0.3, -0.25) is 9.59 Å². The third kappa shape index (κ3) is 4.12. The van der Waals surface area contributed by atoms with E-state index in [-0.39, 0.29) is 17.7 Å². The quantitative estimate of drug-likeness (QED) is 0.644. The topological polar surface area (TPSA) is 58.6 Å². The zero-order valence-corrected chi connectivity index (χ0v) is 17.5. The molecule has 0 aromatic heterocycles. The molecule has 0 bridgehead atoms. The van der Waals surface area contributed by atoms with Crippen LogP contribution >= 0.6 is 11.6 Å². The SMILES string of the molecule is COc1ccc(C(=O)N2CCC[C@H](C(=O)Nc3cccc(Cl)c3)C2)c2ccccc12. The molecule has 0 unspecified atom stereocenters. The van der Waals surface area contributed by atoms with Crippen molar-refractivity contribution < 1.29 is 14.3 Å². The number of anilines is 1. The normalized spacial score (nSPS) is 16.3. The van der Waals surface area contributed by atoms with Gasteiger partial charge in [0.15, 0.2) is 0 Å². The predicted octanol–water partition coefficient (Wildman–Crippen LogP) is 4.99. The summed E-state index contributed by atoms with van der Waals surface area (Å²) in [6, 6.07) is 18.4. The monoisotopic (exact) mass is 422 g/mol. The standard InChI is InChI=1S/C24H23ClN2O3/c1-30-22-12-11-21(19-9-2-3-10-20(19)22)24(29)27-13-5-6-16(15-27)23(28)26-18-8-4-7-17(25)14-18/h2-4,7-12,14,16H,5-6,13,15H2,1H3,(H,26,28)/t16-/m0/s1. The molecule has 1 atom stereocenters. The van der Waals surface area contributed by atoms with Gasteiger partial charge in [0.1, 0.15) is 5.75 Å². The van der Waals surface area contributed by atoms with E-state index < -0.39 is 0 Å². The van der Waals surface area contributed by atoms with Crippen molar-refractivity contribution in [1.29, 1.82) is 0 Å². The molecule has 3 aromatic carbocycles. The molecule has 1 N–H and O–H groups in total. The number of amides is 2. The van der Waals surface area contributed by atoms with Crippen LogP contribution in [0.2, 0.25) is 5.02 Å². The Balaban J connectivity index is 1.53. The van der Waals surface area contributed by atoms with Crippen LogP contribution in [-0.2, 0) is 4.79 Å². The van der Waals surface area contributed by atoms with Crippen molar-refractivity contribution in [1.82, 2.24) is 4.90 Å². The van der Waals surface area contributed by atoms with Gasteiger partial charge in [-0.1, -0.05) is 41.9 Å². The van der Waals surface area contributed by atoms with Gasteiger partial charge in [0.25, 0.3) is 5.91 Å². The van der Waals surface area contributed by atoms with Gasteiger partial charge in [0.2, 0.25) is 5.91 Å². The summed E-state index contributed by atoms with van der Waals surface area (Å²) in [6.07, 6.45) is 1.53. The number of rotatable bonds is 4. The van der Waals surface area contributed by atoms with E-state index in [4.69, 9.17) is 16.3 Å². The first kappa shape index (κ1) is 20.2. The molecule has 3 aromatic rings. The molecule has 0 spiro atoms. The van der Waals surface area contributed by atoms with Crippen molar-refractivity contribution in [2.24, 2.45) is 5.92 Å². The molecule has 1 saturated heterocycles. The fraction of sp³-hybridized carbons (Fsp3) is 0.250. The number of nitrogens with zero attached hydrogens (tertiary/aromatic N) is 1. The molecule has 1 aliphatic heterocycles. The van der Waals surface area contributed by atoms with Crippen molar-refractivity contribution in [2.75, 3.05) is 25.5 Å². The van der Waals surface area contributed by atoms with Gasteiger partial charge in [-0.05, 0) is 48.6 Å². The lowest BCUT2D eigenvalue weighted by atomic mass is 9.95. The summed E-state index contributed by atoms with van der Waals surface area (Å²) in [5, 5.41) is 5.24. The third-order valence-electron chi connectivity index (χ3n) is 5.51. The number of fused-ring (bicyclic) bond motifs is 1. The second-order valence-electron chi connectivity index (χ2n) is 7.45. The van der Waals surface area contributed by atoms with Crippen molar-refractivity contribution in [3.63, 3.8) is 0 Å². The minimum absolute atomic E-state index is 0.0610. The van der Waals surface area contributed by atoms with Gasteiger partial charge in [0, 0.05) is 34.7 Å². The van der Waals surface area contributed by atoms with Crippen LogP contribution in [0.4, 0.5) is 5.69 Å². The second-order valence-corrected chi connectivity index (χ2v) is 7.89. The second kappa shape index (κ2) is 8.76. The molecule has 1 aliphatic rings. The molecule has 154 valence electrons. The van der Waals surface area contributed by atoms with E-state index in [9.17, 15) is 9.59 Å². The van der Waals surface area contributed by atoms with Gasteiger partial charge in [-0.25, -0.2) is 0 Å². The number of likely N-dealkylation sites (tertiary alicyclic amines) is 1. The smallest absolute Gasteiger partial charge is 0.254 e. The maximum atomic E-state index is 13.3. The number of hydrogen-bond donors (Lipinski definition) is 1. The van der Waals surface area contributed by atoms with Crippen LogP contribution in [0.1, 0.15) is 23.2 Å². The summed E-state index contributed by atoms with van der Waals surface area (Å²) in [5.74, 6) is 0.328. The number of hydrogen-bond acceptors (Lipinski definition) is 3. The van der Waals surface area contributed by atoms with Crippen molar-refractivity contribution in [3.05, 3.63) is 71.2 Å². The van der Waals surface area contributed by atoms with E-state index in [2.05, 4.69) is 5.32 Å². The molecule has 1 heterocycles. The first-order valence-electron chi connectivity index (χ1n) is 9.98. The van der Waals surface area contributed by atoms with Crippen molar-refractivity contribution in [2.45, 2.75) is 12.8 Å². The van der Waals surface area contributed by atoms with E-state index in [1.807, 2.05) is 30.3 Å². The lowest BCUT2D eigenvalue weighted by molar-refractivity contribution is -0.121. The molecule has 4 rings (SSSR count). The first-order chi connectivity index (χ1) is 14.6. The Morgan fingerprint density at radius 3 is 2.63 bits per heavy atom. The highest BCUT2D eigenvalue weighted by Gasteiger charge is 2.29. The highest BCUT2D eigenvalue weighted by molar-refractivity contribution is 6.30. The fourth-order valence-electron chi connectivity index (χ4n) is 3.99. The molecular weight excluding hydrogens is 400 g/mol. The Morgan fingerprint density at radius 2 is 1.87 bits per heavy atom. The largest absolute Gasteiger partial charge is 0.496 e. The number of ether oxygens (including phenoxy) is 1. The summed E-state index contributed by atoms with van der Waals surface area (Å²) in [4.78, 5) is 27.9. The highest BCUT2D eigenvalue weighted by Crippen LogP contribution is 2.30. The van der Waals surface area contributed by atoms with Gasteiger partial charge in [-0.2, -0.15) is 0 Å². The zero-order chi connectivity index (χ0) is 21.1. The Hall–Kier alpha value is -3.05. The highest BCUT2D eigenvalue weighted by atomic mass is 35.5. The number of carbonyl (C=O) groups excluding carboxylic acids is 2. The average Bonchev–Trinajstić information content (AvgIpc) is 2.78. The molecule has 1 fully saturated rings. The van der Waals surface area contributed by atoms with E-state index in [1.54, 1.807) is 42.3 Å². The lowest BCUT2D eigenvalue weighted by Crippen LogP contribution is -2.43. The third-order valence-corrected chi connectivity index (χ3v) is 5.74. The van der Waals surface area contributed by atoms with Crippen LogP contribution in [0.25, 0.3) is 10.8 Å². The first-order valence-corrected chi connectivity index (χ1v) is 10.4. The Morgan fingerprint density at radius 1 is 1.07 bits per heavy atom. The van der Waals surface area contributed by atoms with Crippen LogP contribution in [0.3, 0.4) is 0 Å². The zero-order valence-electron chi connectivity index (χ0n) is 16.7. The molecular formula is C24H23ClN2O3. The maximum absolute atomic E-state index is 13.3. The molecule has 2 amide bonds. The number of methoxy groups -OCH3 is 1. The average molecular weight is 423 g/mol. The summed E-state index contributed by atoms with van der Waals surface area (Å²) in [7, 11) is 1.62. The summed E-state index contributed by atoms with van der Waals surface area (Å²) >= 11 is 6.00. The Labute approximate surface area is 180 Å². The number of carbonyl (C=O) groups is 2. The fourth-order valence-corrected chi connectivity index (χ4v) is 4.18. The van der Waals surface area contributed by atoms with Crippen molar-refractivity contribution in [3.8, 4) is 5.75 Å². The predicted molar refractivity (Wildman–Crippen MR) is 119 cm³/mol. The number of benzene rings is 3. The lowest BCUT2D eigenvalue weighted by Gasteiger charge is -2.32. The minimum Gasteiger partial charge on any atom is -0.496 e.